The van der Waals surface area contributed by atoms with Crippen LogP contribution in [0.5, 0.6) is 5.75 Å². The van der Waals surface area contributed by atoms with Gasteiger partial charge in [0.05, 0.1) is 40.4 Å². The summed E-state index contributed by atoms with van der Waals surface area (Å²) in [5, 5.41) is 0. The molecule has 0 spiro atoms. The summed E-state index contributed by atoms with van der Waals surface area (Å²) in [7, 11) is -8.98. The Bertz CT molecular complexity index is 2370. The molecule has 0 amide bonds. The summed E-state index contributed by atoms with van der Waals surface area (Å²) in [6, 6.07) is 16.3. The lowest BCUT2D eigenvalue weighted by atomic mass is 9.80. The van der Waals surface area contributed by atoms with Crippen molar-refractivity contribution >= 4 is 43.8 Å². The topological polar surface area (TPSA) is 155 Å². The number of anilines is 1. The number of benzene rings is 2. The van der Waals surface area contributed by atoms with Crippen molar-refractivity contribution in [3.8, 4) is 5.75 Å². The first-order valence-electron chi connectivity index (χ1n) is 21.9. The van der Waals surface area contributed by atoms with Gasteiger partial charge >= 0.3 is 5.82 Å². The molecule has 3 heterocycles. The minimum atomic E-state index is -4.68. The molecule has 330 valence electrons. The molecule has 0 bridgehead atoms. The van der Waals surface area contributed by atoms with Crippen molar-refractivity contribution in [1.29, 1.82) is 0 Å². The molecular weight excluding hydrogens is 807 g/mol. The van der Waals surface area contributed by atoms with Crippen LogP contribution < -0.4 is 14.2 Å². The van der Waals surface area contributed by atoms with Gasteiger partial charge in [-0.25, -0.2) is 13.0 Å². The Hall–Kier alpha value is -4.04. The molecule has 0 atom stereocenters. The molecule has 1 aromatic heterocycles. The first-order valence-corrected chi connectivity index (χ1v) is 24.8. The van der Waals surface area contributed by atoms with Crippen molar-refractivity contribution in [3.05, 3.63) is 118 Å². The Balaban J connectivity index is 1.44. The molecular formula is C49H62N3O7S2-3. The predicted molar refractivity (Wildman–Crippen MR) is 243 cm³/mol. The molecule has 6 rings (SSSR count). The first-order chi connectivity index (χ1) is 28.8. The van der Waals surface area contributed by atoms with Crippen LogP contribution in [0.2, 0.25) is 0 Å². The van der Waals surface area contributed by atoms with Gasteiger partial charge in [0.25, 0.3) is 0 Å². The largest absolute Gasteiger partial charge is 0.830 e. The predicted octanol–water partition coefficient (Wildman–Crippen LogP) is 10.7. The zero-order valence-electron chi connectivity index (χ0n) is 36.9. The second-order valence-corrected chi connectivity index (χ2v) is 20.6. The van der Waals surface area contributed by atoms with E-state index >= 15 is 0 Å². The van der Waals surface area contributed by atoms with E-state index in [1.807, 2.05) is 30.5 Å². The van der Waals surface area contributed by atoms with Crippen LogP contribution in [0, 0.1) is 6.92 Å². The molecule has 0 fully saturated rings. The minimum Gasteiger partial charge on any atom is -0.830 e. The summed E-state index contributed by atoms with van der Waals surface area (Å²) < 4.78 is 79.2. The van der Waals surface area contributed by atoms with E-state index in [0.29, 0.717) is 43.9 Å². The van der Waals surface area contributed by atoms with Crippen molar-refractivity contribution in [2.24, 2.45) is 4.99 Å². The highest BCUT2D eigenvalue weighted by Crippen LogP contribution is 2.50. The van der Waals surface area contributed by atoms with Gasteiger partial charge in [-0.15, -0.1) is 0 Å². The average molecular weight is 869 g/mol. The van der Waals surface area contributed by atoms with Crippen LogP contribution in [-0.4, -0.2) is 51.2 Å². The van der Waals surface area contributed by atoms with Crippen LogP contribution in [0.3, 0.4) is 0 Å². The molecule has 0 saturated heterocycles. The fraction of sp³-hybridized carbons (Fsp3) is 0.469. The van der Waals surface area contributed by atoms with Crippen LogP contribution in [0.4, 0.5) is 11.5 Å². The molecule has 0 unspecified atom stereocenters. The molecule has 0 saturated carbocycles. The van der Waals surface area contributed by atoms with E-state index in [4.69, 9.17) is 9.73 Å². The number of allylic oxidation sites excluding steroid dienone is 8. The minimum absolute atomic E-state index is 0.244. The van der Waals surface area contributed by atoms with E-state index in [1.54, 1.807) is 0 Å². The number of ether oxygens (including phenoxy) is 1. The Morgan fingerprint density at radius 1 is 0.852 bits per heavy atom. The van der Waals surface area contributed by atoms with Gasteiger partial charge in [0.15, 0.2) is 5.71 Å². The second kappa shape index (κ2) is 19.1. The highest BCUT2D eigenvalue weighted by atomic mass is 32.3. The number of unbranched alkanes of at least 4 members (excludes halogenated alkanes) is 4. The number of fused-ring (bicyclic) bond motifs is 2. The number of nitrogens with zero attached hydrogens (tertiary/aromatic N) is 3. The van der Waals surface area contributed by atoms with E-state index in [1.165, 1.54) is 29.0 Å². The van der Waals surface area contributed by atoms with Gasteiger partial charge in [-0.2, -0.15) is 0 Å². The summed E-state index contributed by atoms with van der Waals surface area (Å²) in [6.45, 7) is 16.6. The number of hydrogen-bond donors (Lipinski definition) is 0. The van der Waals surface area contributed by atoms with Crippen LogP contribution in [-0.2, 0) is 27.5 Å². The van der Waals surface area contributed by atoms with Gasteiger partial charge in [-0.1, -0.05) is 88.9 Å². The van der Waals surface area contributed by atoms with Gasteiger partial charge in [0.2, 0.25) is 0 Å². The highest BCUT2D eigenvalue weighted by Gasteiger charge is 2.43. The van der Waals surface area contributed by atoms with Crippen LogP contribution in [0.1, 0.15) is 128 Å². The number of aryl methyl sites for hydroxylation is 2. The van der Waals surface area contributed by atoms with Gasteiger partial charge in [-0.05, 0) is 140 Å². The van der Waals surface area contributed by atoms with E-state index in [9.17, 15) is 26.6 Å². The Morgan fingerprint density at radius 3 is 2.34 bits per heavy atom. The van der Waals surface area contributed by atoms with Crippen molar-refractivity contribution in [2.75, 3.05) is 23.8 Å². The third-order valence-electron chi connectivity index (χ3n) is 12.3. The normalized spacial score (nSPS) is 18.9. The molecule has 3 aliphatic rings. The molecule has 2 aliphatic heterocycles. The monoisotopic (exact) mass is 868 g/mol. The van der Waals surface area contributed by atoms with Crippen molar-refractivity contribution in [1.82, 2.24) is 0 Å². The fourth-order valence-corrected chi connectivity index (χ4v) is 9.90. The zero-order valence-corrected chi connectivity index (χ0v) is 38.6. The third kappa shape index (κ3) is 10.8. The van der Waals surface area contributed by atoms with Crippen molar-refractivity contribution in [3.63, 3.8) is 0 Å². The van der Waals surface area contributed by atoms with Gasteiger partial charge in [0, 0.05) is 29.1 Å². The average Bonchev–Trinajstić information content (AvgIpc) is 3.58. The van der Waals surface area contributed by atoms with Gasteiger partial charge in [0.1, 0.15) is 5.75 Å². The fourth-order valence-electron chi connectivity index (χ4n) is 8.82. The Kier molecular flexibility index (Phi) is 14.6. The highest BCUT2D eigenvalue weighted by molar-refractivity contribution is 8.19. The molecule has 0 N–H and O–H groups in total. The van der Waals surface area contributed by atoms with Crippen LogP contribution in [0.15, 0.2) is 106 Å². The molecule has 2 aromatic carbocycles. The molecule has 12 heteroatoms. The van der Waals surface area contributed by atoms with E-state index in [0.717, 1.165) is 90.9 Å². The number of pyridine rings is 1. The maximum Gasteiger partial charge on any atom is 0.327 e. The van der Waals surface area contributed by atoms with Gasteiger partial charge in [-0.3, -0.25) is 0 Å². The zero-order chi connectivity index (χ0) is 44.2. The van der Waals surface area contributed by atoms with Crippen LogP contribution >= 0.6 is 10.9 Å². The molecule has 1 aliphatic carbocycles. The summed E-state index contributed by atoms with van der Waals surface area (Å²) in [4.78, 5) is 7.14. The van der Waals surface area contributed by atoms with Gasteiger partial charge < -0.3 is 38.7 Å². The lowest BCUT2D eigenvalue weighted by molar-refractivity contribution is -0.686. The lowest BCUT2D eigenvalue weighted by Gasteiger charge is -2.63. The second-order valence-electron chi connectivity index (χ2n) is 17.7. The molecule has 61 heavy (non-hydrogen) atoms. The number of hydrogen-bond acceptors (Lipinski definition) is 9. The summed E-state index contributed by atoms with van der Waals surface area (Å²) in [5.74, 6) is 1.12. The van der Waals surface area contributed by atoms with Crippen molar-refractivity contribution in [2.45, 2.75) is 135 Å². The molecule has 3 aromatic rings. The van der Waals surface area contributed by atoms with Crippen LogP contribution in [0.25, 0.3) is 5.57 Å². The first kappa shape index (κ1) is 46.5. The smallest absolute Gasteiger partial charge is 0.327 e. The Labute approximate surface area is 365 Å². The third-order valence-corrected chi connectivity index (χ3v) is 13.9. The summed E-state index contributed by atoms with van der Waals surface area (Å²) in [6.07, 6.45) is 18.5. The number of aromatic nitrogens is 1. The number of rotatable bonds is 18. The van der Waals surface area contributed by atoms with Crippen molar-refractivity contribution < 1.29 is 35.9 Å². The quantitative estimate of drug-likeness (QED) is 0.0695. The van der Waals surface area contributed by atoms with E-state index in [2.05, 4.69) is 94.2 Å². The summed E-state index contributed by atoms with van der Waals surface area (Å²) >= 11 is 0. The number of aliphatic imine (C=N–C) groups is 1. The maximum absolute atomic E-state index is 12.3. The standard InChI is InChI=1S/C49H65N3O7S2/c1-8-10-13-29-59-39-20-16-19-38(32-39)46-36(22-25-44-48(4,5)42-33-40(61(56,57)58)34-51(27-11-9-2)47(42)50-44)17-15-18-37(46)23-26-45-49(6,7)41-31-35(3)21-24-43(41)52(45)28-12-14-30-60(53,54)55/h16,19-26,31-34H,8-15,17-18,27-30H2,1-7H3,(H3-,53,54,55,56,57,58)/p-3. The summed E-state index contributed by atoms with van der Waals surface area (Å²) in [5.41, 5.74) is 9.59. The maximum atomic E-state index is 12.3. The molecule has 0 radical (unpaired) electrons. The Morgan fingerprint density at radius 2 is 1.62 bits per heavy atom. The SMILES string of the molecule is CCCCCOc1cccc(C2=C(/C=C/C3=Nc4c(cc(S([O-])([O-])[O-])c[n+]4CCCC)C3(C)C)CCC/C2=C\C=C2\N(CCCCS(=O)(=O)[O-])c3ccc(C)cc3C2(C)C)c1. The lowest BCUT2D eigenvalue weighted by Crippen LogP contribution is -2.36. The van der Waals surface area contributed by atoms with E-state index in [-0.39, 0.29) is 16.1 Å². The van der Waals surface area contributed by atoms with E-state index < -0.39 is 26.4 Å². The molecule has 10 nitrogen and oxygen atoms in total.